The smallest absolute Gasteiger partial charge is 0.317 e. The van der Waals surface area contributed by atoms with Crippen LogP contribution in [0.15, 0.2) is 0 Å². The molecular formula is C12H22N2O4. The number of carboxylic acid groups (broad SMARTS) is 1. The molecule has 0 aliphatic carbocycles. The topological polar surface area (TPSA) is 78.9 Å². The van der Waals surface area contributed by atoms with Crippen molar-refractivity contribution in [1.82, 2.24) is 10.2 Å². The van der Waals surface area contributed by atoms with E-state index in [-0.39, 0.29) is 12.6 Å². The number of likely N-dealkylation sites (tertiary alicyclic amines) is 1. The first-order valence-corrected chi connectivity index (χ1v) is 6.16. The van der Waals surface area contributed by atoms with Gasteiger partial charge in [-0.05, 0) is 26.7 Å². The van der Waals surface area contributed by atoms with Crippen LogP contribution in [0.5, 0.6) is 0 Å². The van der Waals surface area contributed by atoms with E-state index in [9.17, 15) is 9.59 Å². The molecule has 0 aromatic rings. The molecule has 1 fully saturated rings. The molecule has 1 saturated heterocycles. The van der Waals surface area contributed by atoms with E-state index in [0.29, 0.717) is 19.5 Å². The summed E-state index contributed by atoms with van der Waals surface area (Å²) >= 11 is 0. The summed E-state index contributed by atoms with van der Waals surface area (Å²) in [6.07, 6.45) is 1.38. The zero-order valence-corrected chi connectivity index (χ0v) is 11.2. The molecular weight excluding hydrogens is 236 g/mol. The zero-order valence-electron chi connectivity index (χ0n) is 11.2. The van der Waals surface area contributed by atoms with Gasteiger partial charge in [0.15, 0.2) is 0 Å². The number of rotatable bonds is 4. The largest absolute Gasteiger partial charge is 0.481 e. The highest BCUT2D eigenvalue weighted by atomic mass is 16.5. The van der Waals surface area contributed by atoms with Crippen LogP contribution in [0.2, 0.25) is 0 Å². The van der Waals surface area contributed by atoms with Crippen LogP contribution in [0.1, 0.15) is 26.7 Å². The van der Waals surface area contributed by atoms with Gasteiger partial charge in [0.25, 0.3) is 0 Å². The van der Waals surface area contributed by atoms with E-state index in [1.54, 1.807) is 12.0 Å². The number of aliphatic carboxylic acids is 1. The lowest BCUT2D eigenvalue weighted by Crippen LogP contribution is -2.50. The monoisotopic (exact) mass is 258 g/mol. The van der Waals surface area contributed by atoms with Crippen molar-refractivity contribution in [3.05, 3.63) is 0 Å². The first kappa shape index (κ1) is 14.8. The van der Waals surface area contributed by atoms with Gasteiger partial charge in [0, 0.05) is 26.7 Å². The molecule has 1 rings (SSSR count). The van der Waals surface area contributed by atoms with Crippen LogP contribution < -0.4 is 5.32 Å². The third-order valence-corrected chi connectivity index (χ3v) is 3.28. The van der Waals surface area contributed by atoms with Gasteiger partial charge in [0.05, 0.1) is 11.5 Å². The number of methoxy groups -OCH3 is 1. The van der Waals surface area contributed by atoms with Crippen molar-refractivity contribution in [2.45, 2.75) is 32.3 Å². The van der Waals surface area contributed by atoms with Crippen LogP contribution in [0, 0.1) is 5.92 Å². The van der Waals surface area contributed by atoms with Crippen LogP contribution >= 0.6 is 0 Å². The third kappa shape index (κ3) is 4.18. The molecule has 1 aliphatic heterocycles. The predicted octanol–water partition coefficient (Wildman–Crippen LogP) is 0.918. The van der Waals surface area contributed by atoms with Crippen molar-refractivity contribution in [3.8, 4) is 0 Å². The summed E-state index contributed by atoms with van der Waals surface area (Å²) in [5, 5.41) is 11.7. The molecule has 2 N–H and O–H groups in total. The van der Waals surface area contributed by atoms with Crippen LogP contribution in [0.3, 0.4) is 0 Å². The Morgan fingerprint density at radius 2 is 2.17 bits per heavy atom. The Balaban J connectivity index is 2.44. The van der Waals surface area contributed by atoms with E-state index in [1.807, 2.05) is 13.8 Å². The van der Waals surface area contributed by atoms with E-state index in [1.165, 1.54) is 0 Å². The molecule has 0 spiro atoms. The molecule has 0 aromatic carbocycles. The molecule has 0 saturated carbocycles. The predicted molar refractivity (Wildman–Crippen MR) is 66.4 cm³/mol. The maximum absolute atomic E-state index is 11.9. The van der Waals surface area contributed by atoms with Crippen molar-refractivity contribution in [1.29, 1.82) is 0 Å². The molecule has 0 bridgehead atoms. The Morgan fingerprint density at radius 1 is 1.50 bits per heavy atom. The molecule has 2 amide bonds. The highest BCUT2D eigenvalue weighted by Crippen LogP contribution is 2.16. The number of urea groups is 1. The molecule has 0 aromatic heterocycles. The second-order valence-corrected chi connectivity index (χ2v) is 5.25. The first-order chi connectivity index (χ1) is 8.35. The van der Waals surface area contributed by atoms with Gasteiger partial charge in [-0.3, -0.25) is 4.79 Å². The highest BCUT2D eigenvalue weighted by molar-refractivity contribution is 5.76. The number of ether oxygens (including phenoxy) is 1. The number of hydrogen-bond acceptors (Lipinski definition) is 3. The van der Waals surface area contributed by atoms with Gasteiger partial charge in [-0.15, -0.1) is 0 Å². The molecule has 18 heavy (non-hydrogen) atoms. The summed E-state index contributed by atoms with van der Waals surface area (Å²) < 4.78 is 5.21. The van der Waals surface area contributed by atoms with Gasteiger partial charge in [-0.2, -0.15) is 0 Å². The zero-order chi connectivity index (χ0) is 13.8. The summed E-state index contributed by atoms with van der Waals surface area (Å²) in [6.45, 7) is 5.06. The van der Waals surface area contributed by atoms with Crippen molar-refractivity contribution < 1.29 is 19.4 Å². The van der Waals surface area contributed by atoms with Crippen LogP contribution in [0.4, 0.5) is 4.79 Å². The lowest BCUT2D eigenvalue weighted by Gasteiger charge is -2.32. The number of carbonyl (C=O) groups is 2. The second kappa shape index (κ2) is 6.04. The molecule has 6 heteroatoms. The Bertz CT molecular complexity index is 317. The Morgan fingerprint density at radius 3 is 2.72 bits per heavy atom. The average Bonchev–Trinajstić information content (AvgIpc) is 2.36. The lowest BCUT2D eigenvalue weighted by molar-refractivity contribution is -0.143. The molecule has 104 valence electrons. The van der Waals surface area contributed by atoms with Gasteiger partial charge in [0.1, 0.15) is 0 Å². The quantitative estimate of drug-likeness (QED) is 0.786. The fourth-order valence-electron chi connectivity index (χ4n) is 1.84. The maximum Gasteiger partial charge on any atom is 0.317 e. The van der Waals surface area contributed by atoms with E-state index in [4.69, 9.17) is 9.84 Å². The number of carboxylic acids is 1. The molecule has 1 aliphatic rings. The van der Waals surface area contributed by atoms with Gasteiger partial charge < -0.3 is 20.1 Å². The van der Waals surface area contributed by atoms with E-state index >= 15 is 0 Å². The average molecular weight is 258 g/mol. The van der Waals surface area contributed by atoms with Crippen molar-refractivity contribution in [2.75, 3.05) is 26.7 Å². The summed E-state index contributed by atoms with van der Waals surface area (Å²) in [5.41, 5.74) is -0.419. The van der Waals surface area contributed by atoms with E-state index < -0.39 is 17.5 Å². The van der Waals surface area contributed by atoms with Crippen molar-refractivity contribution in [2.24, 2.45) is 5.92 Å². The number of piperidine rings is 1. The van der Waals surface area contributed by atoms with Gasteiger partial charge >= 0.3 is 12.0 Å². The molecule has 1 heterocycles. The fourth-order valence-corrected chi connectivity index (χ4v) is 1.84. The fraction of sp³-hybridized carbons (Fsp3) is 0.833. The standard InChI is InChI=1S/C12H22N2O4/c1-12(2,18-3)8-13-11(17)14-6-4-5-9(7-14)10(15)16/h9H,4-8H2,1-3H3,(H,13,17)(H,15,16)/t9-/m0/s1. The first-order valence-electron chi connectivity index (χ1n) is 6.16. The molecule has 1 atom stereocenters. The maximum atomic E-state index is 11.9. The second-order valence-electron chi connectivity index (χ2n) is 5.25. The Kier molecular flexibility index (Phi) is 4.95. The molecule has 0 radical (unpaired) electrons. The summed E-state index contributed by atoms with van der Waals surface area (Å²) in [4.78, 5) is 24.4. The van der Waals surface area contributed by atoms with Crippen LogP contribution in [-0.4, -0.2) is 54.4 Å². The van der Waals surface area contributed by atoms with Gasteiger partial charge in [0.2, 0.25) is 0 Å². The number of amides is 2. The summed E-state index contributed by atoms with van der Waals surface area (Å²) in [7, 11) is 1.59. The SMILES string of the molecule is COC(C)(C)CNC(=O)N1CCC[C@H](C(=O)O)C1. The number of carbonyl (C=O) groups excluding carboxylic acids is 1. The van der Waals surface area contributed by atoms with Crippen LogP contribution in [0.25, 0.3) is 0 Å². The minimum atomic E-state index is -0.829. The Labute approximate surface area is 107 Å². The number of nitrogens with one attached hydrogen (secondary N) is 1. The third-order valence-electron chi connectivity index (χ3n) is 3.28. The minimum absolute atomic E-state index is 0.217. The van der Waals surface area contributed by atoms with Crippen molar-refractivity contribution in [3.63, 3.8) is 0 Å². The van der Waals surface area contributed by atoms with Crippen molar-refractivity contribution >= 4 is 12.0 Å². The molecule has 6 nitrogen and oxygen atoms in total. The van der Waals surface area contributed by atoms with E-state index in [0.717, 1.165) is 6.42 Å². The highest BCUT2D eigenvalue weighted by Gasteiger charge is 2.28. The van der Waals surface area contributed by atoms with Gasteiger partial charge in [-0.1, -0.05) is 0 Å². The Hall–Kier alpha value is -1.30. The van der Waals surface area contributed by atoms with Gasteiger partial charge in [-0.25, -0.2) is 4.79 Å². The number of hydrogen-bond donors (Lipinski definition) is 2. The van der Waals surface area contributed by atoms with E-state index in [2.05, 4.69) is 5.32 Å². The number of nitrogens with zero attached hydrogens (tertiary/aromatic N) is 1. The summed E-state index contributed by atoms with van der Waals surface area (Å²) in [6, 6.07) is -0.217. The lowest BCUT2D eigenvalue weighted by atomic mass is 9.99. The minimum Gasteiger partial charge on any atom is -0.481 e. The molecule has 0 unspecified atom stereocenters. The van der Waals surface area contributed by atoms with Crippen LogP contribution in [-0.2, 0) is 9.53 Å². The summed E-state index contributed by atoms with van der Waals surface area (Å²) in [5.74, 6) is -1.27. The normalized spacial score (nSPS) is 20.6.